The molecule has 0 atom stereocenters. The van der Waals surface area contributed by atoms with E-state index in [9.17, 15) is 19.8 Å². The van der Waals surface area contributed by atoms with Gasteiger partial charge in [0.05, 0.1) is 6.10 Å². The second-order valence-electron chi connectivity index (χ2n) is 5.46. The van der Waals surface area contributed by atoms with Crippen molar-refractivity contribution in [1.29, 1.82) is 0 Å². The Hall–Kier alpha value is -2.40. The largest absolute Gasteiger partial charge is 0.479 e. The highest BCUT2D eigenvalue weighted by atomic mass is 16.6. The third-order valence-corrected chi connectivity index (χ3v) is 3.39. The number of ether oxygens (including phenoxy) is 1. The van der Waals surface area contributed by atoms with Crippen LogP contribution in [0.3, 0.4) is 0 Å². The molecule has 0 heterocycles. The van der Waals surface area contributed by atoms with Crippen LogP contribution in [0.5, 0.6) is 0 Å². The molecular weight excluding hydrogens is 284 g/mol. The second-order valence-corrected chi connectivity index (χ2v) is 5.46. The van der Waals surface area contributed by atoms with E-state index < -0.39 is 23.6 Å². The Kier molecular flexibility index (Phi) is 4.47. The van der Waals surface area contributed by atoms with E-state index in [4.69, 9.17) is 4.74 Å². The van der Waals surface area contributed by atoms with Crippen molar-refractivity contribution in [2.24, 2.45) is 0 Å². The van der Waals surface area contributed by atoms with Gasteiger partial charge in [-0.05, 0) is 30.2 Å². The number of carbonyl (C=O) groups is 2. The van der Waals surface area contributed by atoms with Crippen LogP contribution in [-0.2, 0) is 20.7 Å². The molecule has 2 rings (SSSR count). The molecule has 0 unspecified atom stereocenters. The van der Waals surface area contributed by atoms with E-state index in [2.05, 4.69) is 0 Å². The van der Waals surface area contributed by atoms with Crippen molar-refractivity contribution in [3.05, 3.63) is 48.0 Å². The summed E-state index contributed by atoms with van der Waals surface area (Å²) in [6.07, 6.45) is -0.756. The van der Waals surface area contributed by atoms with Gasteiger partial charge in [0.1, 0.15) is 0 Å². The Bertz CT molecular complexity index is 691. The lowest BCUT2D eigenvalue weighted by atomic mass is 9.92. The van der Waals surface area contributed by atoms with Crippen LogP contribution in [0.4, 0.5) is 0 Å². The summed E-state index contributed by atoms with van der Waals surface area (Å²) in [5.41, 5.74) is -1.68. The zero-order valence-corrected chi connectivity index (χ0v) is 12.4. The summed E-state index contributed by atoms with van der Waals surface area (Å²) in [6.45, 7) is 3.22. The predicted octanol–water partition coefficient (Wildman–Crippen LogP) is 2.72. The van der Waals surface area contributed by atoms with Gasteiger partial charge in [0.25, 0.3) is 5.60 Å². The Labute approximate surface area is 128 Å². The van der Waals surface area contributed by atoms with Crippen LogP contribution >= 0.6 is 0 Å². The fraction of sp³-hybridized carbons (Fsp3) is 0.294. The van der Waals surface area contributed by atoms with E-state index in [1.54, 1.807) is 26.0 Å². The molecule has 0 saturated carbocycles. The summed E-state index contributed by atoms with van der Waals surface area (Å²) >= 11 is 0. The summed E-state index contributed by atoms with van der Waals surface area (Å²) in [6, 6.07) is 13.0. The molecule has 0 saturated heterocycles. The maximum Gasteiger partial charge on any atom is 0.348 e. The SMILES string of the molecule is CC(C)OC(Cc1ccc2ccccc2c1)(C(=O)O)C(=O)O. The number of carboxylic acids is 2. The quantitative estimate of drug-likeness (QED) is 0.802. The monoisotopic (exact) mass is 302 g/mol. The van der Waals surface area contributed by atoms with Crippen LogP contribution in [0.1, 0.15) is 19.4 Å². The minimum atomic E-state index is -2.28. The Balaban J connectivity index is 2.43. The molecule has 0 aromatic heterocycles. The zero-order chi connectivity index (χ0) is 16.3. The molecule has 2 N–H and O–H groups in total. The number of aliphatic carboxylic acids is 2. The molecule has 0 aliphatic heterocycles. The fourth-order valence-electron chi connectivity index (χ4n) is 2.42. The Morgan fingerprint density at radius 2 is 1.64 bits per heavy atom. The van der Waals surface area contributed by atoms with Crippen molar-refractivity contribution in [2.45, 2.75) is 32.0 Å². The van der Waals surface area contributed by atoms with Gasteiger partial charge in [0.15, 0.2) is 0 Å². The average Bonchev–Trinajstić information content (AvgIpc) is 2.45. The van der Waals surface area contributed by atoms with Crippen molar-refractivity contribution in [3.63, 3.8) is 0 Å². The molecule has 0 spiro atoms. The highest BCUT2D eigenvalue weighted by molar-refractivity contribution is 6.02. The predicted molar refractivity (Wildman–Crippen MR) is 81.9 cm³/mol. The highest BCUT2D eigenvalue weighted by Gasteiger charge is 2.49. The third-order valence-electron chi connectivity index (χ3n) is 3.39. The van der Waals surface area contributed by atoms with Crippen molar-refractivity contribution >= 4 is 22.7 Å². The van der Waals surface area contributed by atoms with Gasteiger partial charge in [-0.15, -0.1) is 0 Å². The van der Waals surface area contributed by atoms with E-state index in [1.807, 2.05) is 30.3 Å². The summed E-state index contributed by atoms with van der Waals surface area (Å²) < 4.78 is 5.28. The molecule has 116 valence electrons. The Morgan fingerprint density at radius 1 is 1.05 bits per heavy atom. The number of benzene rings is 2. The Morgan fingerprint density at radius 3 is 2.18 bits per heavy atom. The highest BCUT2D eigenvalue weighted by Crippen LogP contribution is 2.24. The molecule has 0 aliphatic carbocycles. The van der Waals surface area contributed by atoms with Crippen molar-refractivity contribution in [2.75, 3.05) is 0 Å². The van der Waals surface area contributed by atoms with Crippen molar-refractivity contribution in [1.82, 2.24) is 0 Å². The van der Waals surface area contributed by atoms with Crippen LogP contribution in [0.15, 0.2) is 42.5 Å². The van der Waals surface area contributed by atoms with Gasteiger partial charge < -0.3 is 14.9 Å². The zero-order valence-electron chi connectivity index (χ0n) is 12.4. The van der Waals surface area contributed by atoms with E-state index >= 15 is 0 Å². The second kappa shape index (κ2) is 6.15. The lowest BCUT2D eigenvalue weighted by Gasteiger charge is -2.27. The fourth-order valence-corrected chi connectivity index (χ4v) is 2.42. The van der Waals surface area contributed by atoms with Crippen LogP contribution in [0.2, 0.25) is 0 Å². The van der Waals surface area contributed by atoms with Crippen LogP contribution < -0.4 is 0 Å². The van der Waals surface area contributed by atoms with E-state index in [1.165, 1.54) is 0 Å². The average molecular weight is 302 g/mol. The molecule has 22 heavy (non-hydrogen) atoms. The van der Waals surface area contributed by atoms with Gasteiger partial charge in [-0.2, -0.15) is 0 Å². The topological polar surface area (TPSA) is 83.8 Å². The lowest BCUT2D eigenvalue weighted by Crippen LogP contribution is -2.52. The summed E-state index contributed by atoms with van der Waals surface area (Å²) in [5, 5.41) is 20.8. The van der Waals surface area contributed by atoms with E-state index in [0.717, 1.165) is 10.8 Å². The normalized spacial score (nSPS) is 11.8. The number of hydrogen-bond acceptors (Lipinski definition) is 3. The molecule has 0 fully saturated rings. The number of hydrogen-bond donors (Lipinski definition) is 2. The van der Waals surface area contributed by atoms with Gasteiger partial charge in [0.2, 0.25) is 0 Å². The van der Waals surface area contributed by atoms with Crippen molar-refractivity contribution < 1.29 is 24.5 Å². The first-order chi connectivity index (χ1) is 10.3. The minimum absolute atomic E-state index is 0.235. The van der Waals surface area contributed by atoms with E-state index in [0.29, 0.717) is 5.56 Å². The molecule has 2 aromatic rings. The number of rotatable bonds is 6. The van der Waals surface area contributed by atoms with Crippen LogP contribution in [-0.4, -0.2) is 33.9 Å². The molecule has 0 bridgehead atoms. The lowest BCUT2D eigenvalue weighted by molar-refractivity contribution is -0.188. The molecule has 5 nitrogen and oxygen atoms in total. The standard InChI is InChI=1S/C17H18O5/c1-11(2)22-17(15(18)19,16(20)21)10-12-7-8-13-5-3-4-6-14(13)9-12/h3-9,11H,10H2,1-2H3,(H,18,19)(H,20,21). The van der Waals surface area contributed by atoms with Gasteiger partial charge in [-0.1, -0.05) is 42.5 Å². The number of fused-ring (bicyclic) bond motifs is 1. The first-order valence-corrected chi connectivity index (χ1v) is 6.97. The van der Waals surface area contributed by atoms with Crippen LogP contribution in [0, 0.1) is 0 Å². The molecule has 0 aliphatic rings. The minimum Gasteiger partial charge on any atom is -0.479 e. The van der Waals surface area contributed by atoms with E-state index in [-0.39, 0.29) is 6.42 Å². The molecule has 0 radical (unpaired) electrons. The molecule has 2 aromatic carbocycles. The molecular formula is C17H18O5. The first kappa shape index (κ1) is 16.0. The van der Waals surface area contributed by atoms with Gasteiger partial charge in [-0.25, -0.2) is 9.59 Å². The summed E-state index contributed by atoms with van der Waals surface area (Å²) in [4.78, 5) is 23.1. The smallest absolute Gasteiger partial charge is 0.348 e. The maximum atomic E-state index is 11.6. The molecule has 5 heteroatoms. The van der Waals surface area contributed by atoms with Gasteiger partial charge in [-0.3, -0.25) is 0 Å². The van der Waals surface area contributed by atoms with Gasteiger partial charge >= 0.3 is 11.9 Å². The van der Waals surface area contributed by atoms with Crippen LogP contribution in [0.25, 0.3) is 10.8 Å². The third kappa shape index (κ3) is 3.09. The molecule has 0 amide bonds. The maximum absolute atomic E-state index is 11.6. The number of carboxylic acid groups (broad SMARTS) is 2. The first-order valence-electron chi connectivity index (χ1n) is 6.97. The van der Waals surface area contributed by atoms with Gasteiger partial charge in [0, 0.05) is 6.42 Å². The van der Waals surface area contributed by atoms with Crippen molar-refractivity contribution in [3.8, 4) is 0 Å². The summed E-state index contributed by atoms with van der Waals surface area (Å²) in [7, 11) is 0. The summed E-state index contributed by atoms with van der Waals surface area (Å²) in [5.74, 6) is -3.00.